The van der Waals surface area contributed by atoms with Crippen LogP contribution < -0.4 is 16.0 Å². The molecule has 1 aromatic heterocycles. The van der Waals surface area contributed by atoms with Gasteiger partial charge in [0.25, 0.3) is 5.56 Å². The van der Waals surface area contributed by atoms with Crippen LogP contribution in [-0.4, -0.2) is 22.5 Å². The number of hydrogen-bond donors (Lipinski definition) is 1. The van der Waals surface area contributed by atoms with Gasteiger partial charge in [-0.05, 0) is 37.1 Å². The van der Waals surface area contributed by atoms with Gasteiger partial charge in [-0.1, -0.05) is 30.3 Å². The maximum atomic E-state index is 12.5. The maximum Gasteiger partial charge on any atom is 0.261 e. The van der Waals surface area contributed by atoms with Gasteiger partial charge < -0.3 is 0 Å². The highest BCUT2D eigenvalue weighted by Crippen LogP contribution is 2.11. The van der Waals surface area contributed by atoms with Gasteiger partial charge in [0, 0.05) is 20.0 Å². The lowest BCUT2D eigenvalue weighted by Gasteiger charge is -2.20. The van der Waals surface area contributed by atoms with Crippen molar-refractivity contribution in [2.75, 3.05) is 12.1 Å². The van der Waals surface area contributed by atoms with Crippen LogP contribution in [0.15, 0.2) is 59.7 Å². The van der Waals surface area contributed by atoms with Crippen LogP contribution in [0.3, 0.4) is 0 Å². The number of aryl methyl sites for hydroxylation is 2. The van der Waals surface area contributed by atoms with Gasteiger partial charge in [0.2, 0.25) is 5.91 Å². The van der Waals surface area contributed by atoms with E-state index in [9.17, 15) is 9.59 Å². The lowest BCUT2D eigenvalue weighted by molar-refractivity contribution is -0.121. The van der Waals surface area contributed by atoms with Crippen LogP contribution >= 0.6 is 0 Å². The first kappa shape index (κ1) is 17.7. The van der Waals surface area contributed by atoms with E-state index in [0.29, 0.717) is 24.8 Å². The van der Waals surface area contributed by atoms with E-state index in [1.54, 1.807) is 29.0 Å². The van der Waals surface area contributed by atoms with Crippen molar-refractivity contribution >= 4 is 22.5 Å². The fraction of sp³-hybridized carbons (Fsp3) is 0.250. The molecule has 0 saturated carbocycles. The Kier molecular flexibility index (Phi) is 5.31. The number of rotatable bonds is 6. The lowest BCUT2D eigenvalue weighted by Crippen LogP contribution is -2.39. The standard InChI is InChI=1S/C20H22N4O2/c1-15-8-6-11-17-19(15)21-14-24(20(17)26)13-7-12-18(25)22-23(2)16-9-4-3-5-10-16/h3-6,8-11,14H,7,12-13H2,1-2H3,(H,22,25). The molecule has 3 rings (SSSR count). The minimum absolute atomic E-state index is 0.0690. The molecule has 6 heteroatoms. The Morgan fingerprint density at radius 3 is 2.69 bits per heavy atom. The normalized spacial score (nSPS) is 10.7. The van der Waals surface area contributed by atoms with Crippen molar-refractivity contribution in [1.82, 2.24) is 15.0 Å². The number of hydrogen-bond acceptors (Lipinski definition) is 4. The summed E-state index contributed by atoms with van der Waals surface area (Å²) in [6.07, 6.45) is 2.45. The molecule has 0 bridgehead atoms. The SMILES string of the molecule is Cc1cccc2c(=O)n(CCCC(=O)NN(C)c3ccccc3)cnc12. The van der Waals surface area contributed by atoms with E-state index in [1.165, 1.54) is 0 Å². The van der Waals surface area contributed by atoms with E-state index in [4.69, 9.17) is 0 Å². The lowest BCUT2D eigenvalue weighted by atomic mass is 10.1. The number of para-hydroxylation sites is 2. The Bertz CT molecular complexity index is 966. The fourth-order valence-corrected chi connectivity index (χ4v) is 2.87. The number of fused-ring (bicyclic) bond motifs is 1. The monoisotopic (exact) mass is 350 g/mol. The number of aromatic nitrogens is 2. The van der Waals surface area contributed by atoms with Crippen molar-refractivity contribution in [2.24, 2.45) is 0 Å². The molecule has 0 atom stereocenters. The highest BCUT2D eigenvalue weighted by atomic mass is 16.2. The minimum Gasteiger partial charge on any atom is -0.299 e. The van der Waals surface area contributed by atoms with E-state index in [1.807, 2.05) is 49.4 Å². The molecule has 0 aliphatic rings. The quantitative estimate of drug-likeness (QED) is 0.694. The Balaban J connectivity index is 1.58. The molecule has 1 heterocycles. The first-order valence-corrected chi connectivity index (χ1v) is 8.59. The second-order valence-electron chi connectivity index (χ2n) is 6.25. The summed E-state index contributed by atoms with van der Waals surface area (Å²) in [7, 11) is 1.80. The van der Waals surface area contributed by atoms with Crippen molar-refractivity contribution in [3.8, 4) is 0 Å². The molecule has 6 nitrogen and oxygen atoms in total. The summed E-state index contributed by atoms with van der Waals surface area (Å²) < 4.78 is 1.57. The summed E-state index contributed by atoms with van der Waals surface area (Å²) >= 11 is 0. The van der Waals surface area contributed by atoms with E-state index in [-0.39, 0.29) is 11.5 Å². The predicted octanol–water partition coefficient (Wildman–Crippen LogP) is 2.65. The zero-order valence-corrected chi connectivity index (χ0v) is 15.0. The van der Waals surface area contributed by atoms with Crippen molar-refractivity contribution in [1.29, 1.82) is 0 Å². The smallest absolute Gasteiger partial charge is 0.261 e. The van der Waals surface area contributed by atoms with Crippen LogP contribution in [0.25, 0.3) is 10.9 Å². The number of nitrogens with one attached hydrogen (secondary N) is 1. The third-order valence-electron chi connectivity index (χ3n) is 4.29. The molecule has 1 amide bonds. The molecule has 0 spiro atoms. The molecule has 0 fully saturated rings. The topological polar surface area (TPSA) is 67.2 Å². The average molecular weight is 350 g/mol. The van der Waals surface area contributed by atoms with Crippen molar-refractivity contribution in [3.05, 3.63) is 70.8 Å². The molecular weight excluding hydrogens is 328 g/mol. The molecule has 3 aromatic rings. The van der Waals surface area contributed by atoms with Gasteiger partial charge in [-0.15, -0.1) is 0 Å². The Morgan fingerprint density at radius 2 is 1.92 bits per heavy atom. The summed E-state index contributed by atoms with van der Waals surface area (Å²) in [4.78, 5) is 29.0. The molecule has 2 aromatic carbocycles. The van der Waals surface area contributed by atoms with Crippen LogP contribution in [0, 0.1) is 6.92 Å². The number of anilines is 1. The molecule has 134 valence electrons. The second-order valence-corrected chi connectivity index (χ2v) is 6.25. The Morgan fingerprint density at radius 1 is 1.15 bits per heavy atom. The molecule has 0 aliphatic heterocycles. The third-order valence-corrected chi connectivity index (χ3v) is 4.29. The number of amides is 1. The number of benzene rings is 2. The molecule has 0 radical (unpaired) electrons. The van der Waals surface area contributed by atoms with Crippen LogP contribution in [-0.2, 0) is 11.3 Å². The van der Waals surface area contributed by atoms with Gasteiger partial charge in [0.05, 0.1) is 22.9 Å². The first-order valence-electron chi connectivity index (χ1n) is 8.59. The van der Waals surface area contributed by atoms with Gasteiger partial charge in [-0.25, -0.2) is 4.98 Å². The highest BCUT2D eigenvalue weighted by Gasteiger charge is 2.08. The summed E-state index contributed by atoms with van der Waals surface area (Å²) in [5, 5.41) is 2.30. The van der Waals surface area contributed by atoms with Crippen LogP contribution in [0.1, 0.15) is 18.4 Å². The summed E-state index contributed by atoms with van der Waals surface area (Å²) in [5.41, 5.74) is 5.38. The van der Waals surface area contributed by atoms with Crippen LogP contribution in [0.4, 0.5) is 5.69 Å². The van der Waals surface area contributed by atoms with Gasteiger partial charge in [0.15, 0.2) is 0 Å². The summed E-state index contributed by atoms with van der Waals surface area (Å²) in [6.45, 7) is 2.39. The molecular formula is C20H22N4O2. The van der Waals surface area contributed by atoms with Gasteiger partial charge in [0.1, 0.15) is 0 Å². The van der Waals surface area contributed by atoms with Crippen LogP contribution in [0.5, 0.6) is 0 Å². The number of carbonyl (C=O) groups is 1. The summed E-state index contributed by atoms with van der Waals surface area (Å²) in [5.74, 6) is -0.0889. The molecule has 0 saturated heterocycles. The Hall–Kier alpha value is -3.15. The zero-order valence-electron chi connectivity index (χ0n) is 15.0. The number of hydrazine groups is 1. The largest absolute Gasteiger partial charge is 0.299 e. The minimum atomic E-state index is -0.0889. The third kappa shape index (κ3) is 3.91. The summed E-state index contributed by atoms with van der Waals surface area (Å²) in [6, 6.07) is 15.2. The van der Waals surface area contributed by atoms with Crippen molar-refractivity contribution in [2.45, 2.75) is 26.3 Å². The predicted molar refractivity (Wildman–Crippen MR) is 103 cm³/mol. The maximum absolute atomic E-state index is 12.5. The molecule has 26 heavy (non-hydrogen) atoms. The van der Waals surface area contributed by atoms with E-state index in [0.717, 1.165) is 16.8 Å². The second kappa shape index (κ2) is 7.82. The number of carbonyl (C=O) groups excluding carboxylic acids is 1. The van der Waals surface area contributed by atoms with E-state index < -0.39 is 0 Å². The molecule has 0 unspecified atom stereocenters. The van der Waals surface area contributed by atoms with Gasteiger partial charge >= 0.3 is 0 Å². The van der Waals surface area contributed by atoms with Gasteiger partial charge in [-0.3, -0.25) is 24.6 Å². The first-order chi connectivity index (χ1) is 12.6. The van der Waals surface area contributed by atoms with E-state index in [2.05, 4.69) is 10.4 Å². The zero-order chi connectivity index (χ0) is 18.5. The molecule has 1 N–H and O–H groups in total. The number of nitrogens with zero attached hydrogens (tertiary/aromatic N) is 3. The van der Waals surface area contributed by atoms with Crippen LogP contribution in [0.2, 0.25) is 0 Å². The van der Waals surface area contributed by atoms with Crippen molar-refractivity contribution < 1.29 is 4.79 Å². The molecule has 0 aliphatic carbocycles. The average Bonchev–Trinajstić information content (AvgIpc) is 2.65. The highest BCUT2D eigenvalue weighted by molar-refractivity contribution is 5.80. The van der Waals surface area contributed by atoms with E-state index >= 15 is 0 Å². The van der Waals surface area contributed by atoms with Gasteiger partial charge in [-0.2, -0.15) is 0 Å². The van der Waals surface area contributed by atoms with Crippen molar-refractivity contribution in [3.63, 3.8) is 0 Å². The fourth-order valence-electron chi connectivity index (χ4n) is 2.87. The Labute approximate surface area is 152 Å².